The number of hydrogen-bond donors (Lipinski definition) is 0. The van der Waals surface area contributed by atoms with Gasteiger partial charge in [-0.25, -0.2) is 17.8 Å². The molecular formula is C24H20F4N2O4S. The Kier molecular flexibility index (Phi) is 6.31. The lowest BCUT2D eigenvalue weighted by Crippen LogP contribution is -2.42. The van der Waals surface area contributed by atoms with E-state index in [2.05, 4.69) is 4.98 Å². The Hall–Kier alpha value is -3.47. The van der Waals surface area contributed by atoms with Crippen LogP contribution < -0.4 is 9.04 Å². The van der Waals surface area contributed by atoms with Gasteiger partial charge in [-0.05, 0) is 55.3 Å². The van der Waals surface area contributed by atoms with Crippen molar-refractivity contribution < 1.29 is 35.5 Å². The maximum absolute atomic E-state index is 14.2. The molecule has 0 aliphatic carbocycles. The number of benzene rings is 2. The number of carbonyl (C=O) groups excluding carboxylic acids is 1. The molecule has 0 N–H and O–H groups in total. The van der Waals surface area contributed by atoms with E-state index in [4.69, 9.17) is 4.74 Å². The topological polar surface area (TPSA) is 76.6 Å². The van der Waals surface area contributed by atoms with Crippen molar-refractivity contribution in [1.82, 2.24) is 4.98 Å². The molecular weight excluding hydrogens is 488 g/mol. The van der Waals surface area contributed by atoms with E-state index in [0.29, 0.717) is 6.07 Å². The van der Waals surface area contributed by atoms with Crippen LogP contribution in [0, 0.1) is 12.7 Å². The van der Waals surface area contributed by atoms with Crippen molar-refractivity contribution in [2.75, 3.05) is 10.8 Å². The number of carbonyl (C=O) groups is 1. The quantitative estimate of drug-likeness (QED) is 0.360. The number of alkyl halides is 3. The highest BCUT2D eigenvalue weighted by molar-refractivity contribution is 7.92. The molecule has 35 heavy (non-hydrogen) atoms. The van der Waals surface area contributed by atoms with E-state index in [0.717, 1.165) is 22.0 Å². The molecule has 0 fully saturated rings. The van der Waals surface area contributed by atoms with Gasteiger partial charge in [-0.3, -0.25) is 9.10 Å². The summed E-state index contributed by atoms with van der Waals surface area (Å²) in [5, 5.41) is 0. The molecule has 2 heterocycles. The Bertz CT molecular complexity index is 1410. The van der Waals surface area contributed by atoms with Crippen LogP contribution in [0.5, 0.6) is 5.88 Å². The Morgan fingerprint density at radius 1 is 1.17 bits per heavy atom. The highest BCUT2D eigenvalue weighted by Crippen LogP contribution is 2.37. The van der Waals surface area contributed by atoms with Crippen LogP contribution in [0.25, 0.3) is 0 Å². The first kappa shape index (κ1) is 24.6. The SMILES string of the molecule is Cc1cccc(S(=O)(=O)N2C[C@H](C)Oc3ncc(CC(=O)c4c(F)cccc4C(F)(F)F)cc32)c1. The molecule has 0 amide bonds. The number of aryl methyl sites for hydroxylation is 1. The summed E-state index contributed by atoms with van der Waals surface area (Å²) in [6.07, 6.45) is -4.89. The molecule has 2 aromatic carbocycles. The van der Waals surface area contributed by atoms with Crippen molar-refractivity contribution in [2.45, 2.75) is 37.4 Å². The lowest BCUT2D eigenvalue weighted by Gasteiger charge is -2.33. The van der Waals surface area contributed by atoms with Crippen LogP contribution in [-0.4, -0.2) is 31.8 Å². The summed E-state index contributed by atoms with van der Waals surface area (Å²) in [6.45, 7) is 3.36. The predicted octanol–water partition coefficient (Wildman–Crippen LogP) is 4.95. The van der Waals surface area contributed by atoms with Crippen molar-refractivity contribution in [3.05, 3.63) is 82.8 Å². The van der Waals surface area contributed by atoms with E-state index >= 15 is 0 Å². The molecule has 0 unspecified atom stereocenters. The molecule has 0 bridgehead atoms. The van der Waals surface area contributed by atoms with E-state index in [9.17, 15) is 30.8 Å². The summed E-state index contributed by atoms with van der Waals surface area (Å²) in [5.74, 6) is -2.41. The first-order chi connectivity index (χ1) is 16.4. The minimum absolute atomic E-state index is 0.00181. The van der Waals surface area contributed by atoms with Crippen molar-refractivity contribution in [3.63, 3.8) is 0 Å². The number of nitrogens with zero attached hydrogens (tertiary/aromatic N) is 2. The van der Waals surface area contributed by atoms with Gasteiger partial charge in [0.1, 0.15) is 17.6 Å². The summed E-state index contributed by atoms with van der Waals surface area (Å²) in [6, 6.07) is 9.90. The molecule has 3 aromatic rings. The van der Waals surface area contributed by atoms with Crippen LogP contribution in [0.15, 0.2) is 59.6 Å². The van der Waals surface area contributed by atoms with Gasteiger partial charge in [-0.15, -0.1) is 0 Å². The van der Waals surface area contributed by atoms with Gasteiger partial charge in [-0.2, -0.15) is 13.2 Å². The summed E-state index contributed by atoms with van der Waals surface area (Å²) in [4.78, 5) is 16.9. The van der Waals surface area contributed by atoms with Crippen LogP contribution >= 0.6 is 0 Å². The molecule has 1 aliphatic heterocycles. The van der Waals surface area contributed by atoms with Crippen molar-refractivity contribution >= 4 is 21.5 Å². The van der Waals surface area contributed by atoms with Gasteiger partial charge < -0.3 is 4.74 Å². The third kappa shape index (κ3) is 4.86. The number of halogens is 4. The Labute approximate surface area is 199 Å². The van der Waals surface area contributed by atoms with Crippen LogP contribution in [0.2, 0.25) is 0 Å². The van der Waals surface area contributed by atoms with Crippen molar-refractivity contribution in [3.8, 4) is 5.88 Å². The monoisotopic (exact) mass is 508 g/mol. The zero-order valence-electron chi connectivity index (χ0n) is 18.6. The number of ether oxygens (including phenoxy) is 1. The van der Waals surface area contributed by atoms with Gasteiger partial charge >= 0.3 is 6.18 Å². The summed E-state index contributed by atoms with van der Waals surface area (Å²) in [7, 11) is -4.04. The molecule has 0 saturated heterocycles. The molecule has 0 spiro atoms. The molecule has 1 aliphatic rings. The summed E-state index contributed by atoms with van der Waals surface area (Å²) < 4.78 is 87.8. The molecule has 1 aromatic heterocycles. The molecule has 1 atom stereocenters. The minimum atomic E-state index is -4.93. The number of pyridine rings is 1. The zero-order chi connectivity index (χ0) is 25.5. The minimum Gasteiger partial charge on any atom is -0.471 e. The number of fused-ring (bicyclic) bond motifs is 1. The highest BCUT2D eigenvalue weighted by Gasteiger charge is 2.37. The second-order valence-electron chi connectivity index (χ2n) is 8.21. The smallest absolute Gasteiger partial charge is 0.417 e. The van der Waals surface area contributed by atoms with Crippen LogP contribution in [0.3, 0.4) is 0 Å². The number of rotatable bonds is 5. The predicted molar refractivity (Wildman–Crippen MR) is 119 cm³/mol. The third-order valence-electron chi connectivity index (χ3n) is 5.43. The van der Waals surface area contributed by atoms with E-state index < -0.39 is 51.5 Å². The second-order valence-corrected chi connectivity index (χ2v) is 10.1. The number of Topliss-reactive ketones (excluding diaryl/α,β-unsaturated/α-hetero) is 1. The maximum atomic E-state index is 14.2. The number of anilines is 1. The number of hydrogen-bond acceptors (Lipinski definition) is 5. The number of sulfonamides is 1. The highest BCUT2D eigenvalue weighted by atomic mass is 32.2. The number of ketones is 1. The molecule has 4 rings (SSSR count). The fourth-order valence-corrected chi connectivity index (χ4v) is 5.49. The third-order valence-corrected chi connectivity index (χ3v) is 7.21. The largest absolute Gasteiger partial charge is 0.471 e. The molecule has 11 heteroatoms. The van der Waals surface area contributed by atoms with Crippen LogP contribution in [0.1, 0.15) is 34.0 Å². The fourth-order valence-electron chi connectivity index (χ4n) is 3.86. The van der Waals surface area contributed by atoms with Crippen molar-refractivity contribution in [1.29, 1.82) is 0 Å². The number of aromatic nitrogens is 1. The Balaban J connectivity index is 1.73. The molecule has 0 saturated carbocycles. The van der Waals surface area contributed by atoms with Gasteiger partial charge in [0.05, 0.1) is 22.6 Å². The first-order valence-electron chi connectivity index (χ1n) is 10.5. The van der Waals surface area contributed by atoms with E-state index in [1.807, 2.05) is 0 Å². The molecule has 184 valence electrons. The summed E-state index contributed by atoms with van der Waals surface area (Å²) in [5.41, 5.74) is -1.58. The Morgan fingerprint density at radius 2 is 1.89 bits per heavy atom. The standard InChI is InChI=1S/C24H20F4N2O4S/c1-14-5-3-6-17(9-14)35(32,33)30-13-15(2)34-23-20(30)10-16(12-29-23)11-21(31)22-18(24(26,27)28)7-4-8-19(22)25/h3-10,12,15H,11,13H2,1-2H3/t15-/m0/s1. The zero-order valence-corrected chi connectivity index (χ0v) is 19.5. The normalized spacial score (nSPS) is 15.9. The van der Waals surface area contributed by atoms with Gasteiger partial charge in [0, 0.05) is 12.6 Å². The van der Waals surface area contributed by atoms with Crippen LogP contribution in [-0.2, 0) is 22.6 Å². The first-order valence-corrected chi connectivity index (χ1v) is 12.0. The molecule has 6 nitrogen and oxygen atoms in total. The fraction of sp³-hybridized carbons (Fsp3) is 0.250. The summed E-state index contributed by atoms with van der Waals surface area (Å²) >= 11 is 0. The Morgan fingerprint density at radius 3 is 2.57 bits per heavy atom. The van der Waals surface area contributed by atoms with E-state index in [1.54, 1.807) is 26.0 Å². The lowest BCUT2D eigenvalue weighted by atomic mass is 9.98. The van der Waals surface area contributed by atoms with E-state index in [-0.39, 0.29) is 28.6 Å². The molecule has 0 radical (unpaired) electrons. The van der Waals surface area contributed by atoms with Gasteiger partial charge in [-0.1, -0.05) is 18.2 Å². The maximum Gasteiger partial charge on any atom is 0.417 e. The second kappa shape index (κ2) is 8.95. The van der Waals surface area contributed by atoms with Crippen molar-refractivity contribution in [2.24, 2.45) is 0 Å². The van der Waals surface area contributed by atoms with Gasteiger partial charge in [0.2, 0.25) is 5.88 Å². The van der Waals surface area contributed by atoms with E-state index in [1.165, 1.54) is 24.4 Å². The van der Waals surface area contributed by atoms with Gasteiger partial charge in [0.25, 0.3) is 10.0 Å². The lowest BCUT2D eigenvalue weighted by molar-refractivity contribution is -0.138. The van der Waals surface area contributed by atoms with Crippen LogP contribution in [0.4, 0.5) is 23.2 Å². The average Bonchev–Trinajstić information content (AvgIpc) is 2.77. The average molecular weight is 508 g/mol. The van der Waals surface area contributed by atoms with Gasteiger partial charge in [0.15, 0.2) is 5.78 Å².